The lowest BCUT2D eigenvalue weighted by Crippen LogP contribution is -2.12. The summed E-state index contributed by atoms with van der Waals surface area (Å²) < 4.78 is 0. The first-order chi connectivity index (χ1) is 11.5. The van der Waals surface area contributed by atoms with Crippen molar-refractivity contribution >= 4 is 45.4 Å². The van der Waals surface area contributed by atoms with Gasteiger partial charge in [0.25, 0.3) is 5.91 Å². The van der Waals surface area contributed by atoms with Crippen molar-refractivity contribution in [3.05, 3.63) is 69.7 Å². The second-order valence-electron chi connectivity index (χ2n) is 5.50. The summed E-state index contributed by atoms with van der Waals surface area (Å²) in [5.41, 5.74) is 4.19. The summed E-state index contributed by atoms with van der Waals surface area (Å²) in [6, 6.07) is 13.3. The van der Waals surface area contributed by atoms with Gasteiger partial charge in [0, 0.05) is 21.8 Å². The SMILES string of the molecule is Cc1cc(C)cc(NC(=O)c2csc(Nc3cccc(Cl)c3)n2)c1. The number of rotatable bonds is 4. The summed E-state index contributed by atoms with van der Waals surface area (Å²) in [7, 11) is 0. The van der Waals surface area contributed by atoms with Crippen LogP contribution in [-0.2, 0) is 0 Å². The molecule has 0 spiro atoms. The fourth-order valence-electron chi connectivity index (χ4n) is 2.37. The zero-order chi connectivity index (χ0) is 17.1. The highest BCUT2D eigenvalue weighted by atomic mass is 35.5. The predicted octanol–water partition coefficient (Wildman–Crippen LogP) is 5.41. The van der Waals surface area contributed by atoms with E-state index in [1.54, 1.807) is 17.5 Å². The maximum absolute atomic E-state index is 12.3. The van der Waals surface area contributed by atoms with Gasteiger partial charge in [0.15, 0.2) is 5.13 Å². The number of carbonyl (C=O) groups excluding carboxylic acids is 1. The van der Waals surface area contributed by atoms with Crippen molar-refractivity contribution in [2.45, 2.75) is 13.8 Å². The Morgan fingerprint density at radius 1 is 1.08 bits per heavy atom. The Morgan fingerprint density at radius 3 is 2.54 bits per heavy atom. The quantitative estimate of drug-likeness (QED) is 0.656. The number of anilines is 3. The topological polar surface area (TPSA) is 54.0 Å². The standard InChI is InChI=1S/C18H16ClN3OS/c1-11-6-12(2)8-15(7-11)20-17(23)16-10-24-18(22-16)21-14-5-3-4-13(19)9-14/h3-10H,1-2H3,(H,20,23)(H,21,22). The van der Waals surface area contributed by atoms with Gasteiger partial charge in [0.1, 0.15) is 5.69 Å². The van der Waals surface area contributed by atoms with E-state index in [0.29, 0.717) is 15.8 Å². The average molecular weight is 358 g/mol. The molecule has 0 aliphatic heterocycles. The first kappa shape index (κ1) is 16.5. The van der Waals surface area contributed by atoms with Crippen molar-refractivity contribution in [3.8, 4) is 0 Å². The minimum atomic E-state index is -0.226. The highest BCUT2D eigenvalue weighted by Crippen LogP contribution is 2.23. The molecule has 0 radical (unpaired) electrons. The molecule has 0 aliphatic carbocycles. The van der Waals surface area contributed by atoms with Crippen molar-refractivity contribution in [3.63, 3.8) is 0 Å². The van der Waals surface area contributed by atoms with E-state index in [1.165, 1.54) is 11.3 Å². The van der Waals surface area contributed by atoms with Gasteiger partial charge in [0.05, 0.1) is 0 Å². The molecular formula is C18H16ClN3OS. The Morgan fingerprint density at radius 2 is 1.83 bits per heavy atom. The number of thiazole rings is 1. The molecule has 2 N–H and O–H groups in total. The van der Waals surface area contributed by atoms with Crippen LogP contribution in [0.4, 0.5) is 16.5 Å². The molecule has 3 rings (SSSR count). The normalized spacial score (nSPS) is 10.5. The maximum Gasteiger partial charge on any atom is 0.275 e. The maximum atomic E-state index is 12.3. The smallest absolute Gasteiger partial charge is 0.275 e. The van der Waals surface area contributed by atoms with Crippen molar-refractivity contribution in [1.29, 1.82) is 0 Å². The third-order valence-electron chi connectivity index (χ3n) is 3.29. The van der Waals surface area contributed by atoms with Crippen molar-refractivity contribution in [1.82, 2.24) is 4.98 Å². The third-order valence-corrected chi connectivity index (χ3v) is 4.29. The first-order valence-electron chi connectivity index (χ1n) is 7.37. The van der Waals surface area contributed by atoms with Gasteiger partial charge in [0.2, 0.25) is 0 Å². The lowest BCUT2D eigenvalue weighted by Gasteiger charge is -2.06. The molecule has 1 aromatic heterocycles. The molecule has 0 saturated carbocycles. The van der Waals surface area contributed by atoms with Crippen molar-refractivity contribution in [2.24, 2.45) is 0 Å². The Bertz CT molecular complexity index is 871. The number of aryl methyl sites for hydroxylation is 2. The fourth-order valence-corrected chi connectivity index (χ4v) is 3.27. The van der Waals surface area contributed by atoms with Gasteiger partial charge in [-0.3, -0.25) is 4.79 Å². The summed E-state index contributed by atoms with van der Waals surface area (Å²) in [5, 5.41) is 9.04. The molecule has 2 aromatic carbocycles. The van der Waals surface area contributed by atoms with Gasteiger partial charge in [-0.1, -0.05) is 23.7 Å². The van der Waals surface area contributed by atoms with E-state index in [1.807, 2.05) is 38.1 Å². The van der Waals surface area contributed by atoms with E-state index >= 15 is 0 Å². The Kier molecular flexibility index (Phi) is 4.83. The van der Waals surface area contributed by atoms with Crippen molar-refractivity contribution in [2.75, 3.05) is 10.6 Å². The summed E-state index contributed by atoms with van der Waals surface area (Å²) >= 11 is 7.33. The highest BCUT2D eigenvalue weighted by Gasteiger charge is 2.11. The molecule has 0 fully saturated rings. The molecule has 4 nitrogen and oxygen atoms in total. The minimum absolute atomic E-state index is 0.226. The predicted molar refractivity (Wildman–Crippen MR) is 101 cm³/mol. The summed E-state index contributed by atoms with van der Waals surface area (Å²) in [6.45, 7) is 4.00. The van der Waals surface area contributed by atoms with Crippen LogP contribution >= 0.6 is 22.9 Å². The molecule has 1 heterocycles. The van der Waals surface area contributed by atoms with Crippen LogP contribution in [0.15, 0.2) is 47.8 Å². The van der Waals surface area contributed by atoms with Gasteiger partial charge in [-0.05, 0) is 55.3 Å². The molecule has 0 atom stereocenters. The van der Waals surface area contributed by atoms with E-state index < -0.39 is 0 Å². The monoisotopic (exact) mass is 357 g/mol. The van der Waals surface area contributed by atoms with Gasteiger partial charge >= 0.3 is 0 Å². The van der Waals surface area contributed by atoms with Crippen LogP contribution < -0.4 is 10.6 Å². The molecule has 0 bridgehead atoms. The number of aromatic nitrogens is 1. The zero-order valence-electron chi connectivity index (χ0n) is 13.3. The van der Waals surface area contributed by atoms with Crippen LogP contribution in [0.1, 0.15) is 21.6 Å². The number of nitrogens with one attached hydrogen (secondary N) is 2. The van der Waals surface area contributed by atoms with Crippen LogP contribution in [-0.4, -0.2) is 10.9 Å². The molecule has 0 unspecified atom stereocenters. The van der Waals surface area contributed by atoms with Crippen LogP contribution in [0.5, 0.6) is 0 Å². The van der Waals surface area contributed by atoms with Crippen LogP contribution in [0.25, 0.3) is 0 Å². The molecule has 24 heavy (non-hydrogen) atoms. The van der Waals surface area contributed by atoms with Crippen LogP contribution in [0.3, 0.4) is 0 Å². The van der Waals surface area contributed by atoms with E-state index in [0.717, 1.165) is 22.5 Å². The zero-order valence-corrected chi connectivity index (χ0v) is 14.8. The Balaban J connectivity index is 1.71. The molecular weight excluding hydrogens is 342 g/mol. The molecule has 0 aliphatic rings. The Hall–Kier alpha value is -2.37. The number of benzene rings is 2. The largest absolute Gasteiger partial charge is 0.331 e. The molecule has 0 saturated heterocycles. The first-order valence-corrected chi connectivity index (χ1v) is 8.63. The Labute approximate surface area is 149 Å². The molecule has 6 heteroatoms. The minimum Gasteiger partial charge on any atom is -0.331 e. The summed E-state index contributed by atoms with van der Waals surface area (Å²) in [4.78, 5) is 16.7. The van der Waals surface area contributed by atoms with E-state index in [9.17, 15) is 4.79 Å². The molecule has 3 aromatic rings. The number of halogens is 1. The van der Waals surface area contributed by atoms with Gasteiger partial charge in [-0.15, -0.1) is 11.3 Å². The molecule has 122 valence electrons. The van der Waals surface area contributed by atoms with Crippen molar-refractivity contribution < 1.29 is 4.79 Å². The third kappa shape index (κ3) is 4.13. The van der Waals surface area contributed by atoms with E-state index in [4.69, 9.17) is 11.6 Å². The van der Waals surface area contributed by atoms with Crippen LogP contribution in [0.2, 0.25) is 5.02 Å². The number of carbonyl (C=O) groups is 1. The van der Waals surface area contributed by atoms with E-state index in [-0.39, 0.29) is 5.91 Å². The number of hydrogen-bond acceptors (Lipinski definition) is 4. The summed E-state index contributed by atoms with van der Waals surface area (Å²) in [6.07, 6.45) is 0. The average Bonchev–Trinajstić information content (AvgIpc) is 2.94. The van der Waals surface area contributed by atoms with E-state index in [2.05, 4.69) is 21.7 Å². The van der Waals surface area contributed by atoms with Gasteiger partial charge in [-0.25, -0.2) is 4.98 Å². The summed E-state index contributed by atoms with van der Waals surface area (Å²) in [5.74, 6) is -0.226. The molecule has 1 amide bonds. The number of amides is 1. The second-order valence-corrected chi connectivity index (χ2v) is 6.80. The lowest BCUT2D eigenvalue weighted by molar-refractivity contribution is 0.102. The second kappa shape index (κ2) is 7.03. The fraction of sp³-hybridized carbons (Fsp3) is 0.111. The lowest BCUT2D eigenvalue weighted by atomic mass is 10.1. The number of nitrogens with zero attached hydrogens (tertiary/aromatic N) is 1. The highest BCUT2D eigenvalue weighted by molar-refractivity contribution is 7.14. The number of hydrogen-bond donors (Lipinski definition) is 2. The van der Waals surface area contributed by atoms with Gasteiger partial charge < -0.3 is 10.6 Å². The van der Waals surface area contributed by atoms with Gasteiger partial charge in [-0.2, -0.15) is 0 Å². The van der Waals surface area contributed by atoms with Crippen LogP contribution in [0, 0.1) is 13.8 Å².